The van der Waals surface area contributed by atoms with E-state index in [0.717, 1.165) is 30.8 Å². The fraction of sp³-hybridized carbons (Fsp3) is 0.471. The van der Waals surface area contributed by atoms with Crippen LogP contribution >= 0.6 is 12.4 Å². The number of ether oxygens (including phenoxy) is 1. The Morgan fingerprint density at radius 1 is 1.44 bits per heavy atom. The maximum absolute atomic E-state index is 12.4. The molecule has 2 unspecified atom stereocenters. The van der Waals surface area contributed by atoms with Crippen LogP contribution in [0.25, 0.3) is 11.4 Å². The Morgan fingerprint density at radius 3 is 2.92 bits per heavy atom. The topological polar surface area (TPSA) is 97.1 Å². The number of hydrogen-bond acceptors (Lipinski definition) is 5. The van der Waals surface area contributed by atoms with Gasteiger partial charge >= 0.3 is 0 Å². The second-order valence-corrected chi connectivity index (χ2v) is 6.10. The molecule has 0 radical (unpaired) electrons. The number of nitrogens with one attached hydrogen (secondary N) is 1. The van der Waals surface area contributed by atoms with Crippen LogP contribution in [0.15, 0.2) is 30.3 Å². The highest BCUT2D eigenvalue weighted by atomic mass is 35.5. The second-order valence-electron chi connectivity index (χ2n) is 6.10. The lowest BCUT2D eigenvalue weighted by Gasteiger charge is -2.33. The van der Waals surface area contributed by atoms with Gasteiger partial charge in [0.05, 0.1) is 6.61 Å². The van der Waals surface area contributed by atoms with E-state index in [0.29, 0.717) is 12.4 Å². The number of nitrogens with two attached hydrogens (primary N) is 1. The van der Waals surface area contributed by atoms with Crippen LogP contribution in [0.2, 0.25) is 0 Å². The standard InChI is InChI=1S/C17H23N5O2.ClH/c1-24-11-14(18)17(23)22-9-5-8-13(10-22)16-19-15(20-21-16)12-6-3-2-4-7-12;/h2-4,6-7,13-14H,5,8-11,18H2,1H3,(H,19,20,21);1H. The first kappa shape index (κ1) is 19.4. The van der Waals surface area contributed by atoms with E-state index in [4.69, 9.17) is 10.5 Å². The molecule has 8 heteroatoms. The lowest BCUT2D eigenvalue weighted by atomic mass is 9.97. The number of amides is 1. The van der Waals surface area contributed by atoms with Gasteiger partial charge in [0.15, 0.2) is 5.82 Å². The minimum absolute atomic E-state index is 0. The number of carbonyl (C=O) groups is 1. The predicted molar refractivity (Wildman–Crippen MR) is 97.5 cm³/mol. The number of carbonyl (C=O) groups excluding carboxylic acids is 1. The zero-order valence-electron chi connectivity index (χ0n) is 14.2. The van der Waals surface area contributed by atoms with E-state index < -0.39 is 6.04 Å². The minimum Gasteiger partial charge on any atom is -0.383 e. The van der Waals surface area contributed by atoms with Gasteiger partial charge in [0.2, 0.25) is 5.91 Å². The molecule has 1 aliphatic heterocycles. The molecular weight excluding hydrogens is 342 g/mol. The van der Waals surface area contributed by atoms with Gasteiger partial charge in [0, 0.05) is 31.7 Å². The minimum atomic E-state index is -0.608. The van der Waals surface area contributed by atoms with Crippen molar-refractivity contribution in [3.05, 3.63) is 36.2 Å². The first-order chi connectivity index (χ1) is 11.7. The molecule has 2 heterocycles. The normalized spacial score (nSPS) is 18.5. The number of nitrogens with zero attached hydrogens (tertiary/aromatic N) is 3. The van der Waals surface area contributed by atoms with Gasteiger partial charge in [-0.2, -0.15) is 5.10 Å². The molecule has 3 rings (SSSR count). The van der Waals surface area contributed by atoms with Crippen molar-refractivity contribution in [1.82, 2.24) is 20.1 Å². The average Bonchev–Trinajstić information content (AvgIpc) is 3.12. The summed E-state index contributed by atoms with van der Waals surface area (Å²) in [7, 11) is 1.55. The van der Waals surface area contributed by atoms with Crippen molar-refractivity contribution in [2.24, 2.45) is 5.73 Å². The van der Waals surface area contributed by atoms with Crippen molar-refractivity contribution in [2.45, 2.75) is 24.8 Å². The molecule has 136 valence electrons. The summed E-state index contributed by atoms with van der Waals surface area (Å²) in [5.74, 6) is 1.60. The molecule has 0 saturated carbocycles. The number of methoxy groups -OCH3 is 1. The Labute approximate surface area is 153 Å². The molecule has 0 aliphatic carbocycles. The number of piperidine rings is 1. The van der Waals surface area contributed by atoms with E-state index in [2.05, 4.69) is 15.2 Å². The number of aromatic amines is 1. The summed E-state index contributed by atoms with van der Waals surface area (Å²) in [6.07, 6.45) is 1.91. The maximum Gasteiger partial charge on any atom is 0.241 e. The Hall–Kier alpha value is -1.96. The predicted octanol–water partition coefficient (Wildman–Crippen LogP) is 1.57. The van der Waals surface area contributed by atoms with Gasteiger partial charge in [-0.3, -0.25) is 9.89 Å². The van der Waals surface area contributed by atoms with E-state index in [-0.39, 0.29) is 30.8 Å². The summed E-state index contributed by atoms with van der Waals surface area (Å²) >= 11 is 0. The van der Waals surface area contributed by atoms with Crippen molar-refractivity contribution >= 4 is 18.3 Å². The van der Waals surface area contributed by atoms with Crippen molar-refractivity contribution in [2.75, 3.05) is 26.8 Å². The van der Waals surface area contributed by atoms with Crippen molar-refractivity contribution in [1.29, 1.82) is 0 Å². The largest absolute Gasteiger partial charge is 0.383 e. The van der Waals surface area contributed by atoms with Crippen LogP contribution in [-0.4, -0.2) is 58.8 Å². The number of benzene rings is 1. The van der Waals surface area contributed by atoms with Gasteiger partial charge in [-0.1, -0.05) is 30.3 Å². The number of halogens is 1. The van der Waals surface area contributed by atoms with E-state index in [1.165, 1.54) is 0 Å². The Bertz CT molecular complexity index is 679. The number of hydrogen-bond donors (Lipinski definition) is 2. The molecule has 1 saturated heterocycles. The molecule has 1 aliphatic rings. The number of aromatic nitrogens is 3. The Morgan fingerprint density at radius 2 is 2.20 bits per heavy atom. The Balaban J connectivity index is 0.00000225. The van der Waals surface area contributed by atoms with Gasteiger partial charge in [0.25, 0.3) is 0 Å². The summed E-state index contributed by atoms with van der Waals surface area (Å²) in [5.41, 5.74) is 6.85. The van der Waals surface area contributed by atoms with Crippen LogP contribution in [0.4, 0.5) is 0 Å². The molecule has 1 amide bonds. The van der Waals surface area contributed by atoms with Crippen molar-refractivity contribution in [3.63, 3.8) is 0 Å². The molecule has 0 spiro atoms. The highest BCUT2D eigenvalue weighted by Crippen LogP contribution is 2.26. The van der Waals surface area contributed by atoms with Gasteiger partial charge in [-0.25, -0.2) is 4.98 Å². The highest BCUT2D eigenvalue weighted by molar-refractivity contribution is 5.85. The maximum atomic E-state index is 12.4. The molecule has 0 bridgehead atoms. The van der Waals surface area contributed by atoms with Crippen molar-refractivity contribution < 1.29 is 9.53 Å². The first-order valence-corrected chi connectivity index (χ1v) is 8.20. The van der Waals surface area contributed by atoms with E-state index in [1.54, 1.807) is 7.11 Å². The fourth-order valence-electron chi connectivity index (χ4n) is 3.06. The van der Waals surface area contributed by atoms with Gasteiger partial charge < -0.3 is 15.4 Å². The number of rotatable bonds is 5. The SMILES string of the molecule is COCC(N)C(=O)N1CCCC(c2nc(-c3ccccc3)n[nH]2)C1.Cl. The number of H-pyrrole nitrogens is 1. The summed E-state index contributed by atoms with van der Waals surface area (Å²) in [6.45, 7) is 1.58. The third kappa shape index (κ3) is 4.56. The Kier molecular flexibility index (Phi) is 6.92. The molecule has 2 aromatic rings. The molecular formula is C17H24ClN5O2. The van der Waals surface area contributed by atoms with Gasteiger partial charge in [0.1, 0.15) is 11.9 Å². The third-order valence-corrected chi connectivity index (χ3v) is 4.32. The molecule has 1 aromatic carbocycles. The smallest absolute Gasteiger partial charge is 0.241 e. The highest BCUT2D eigenvalue weighted by Gasteiger charge is 2.29. The van der Waals surface area contributed by atoms with E-state index in [1.807, 2.05) is 35.2 Å². The van der Waals surface area contributed by atoms with Crippen LogP contribution in [-0.2, 0) is 9.53 Å². The van der Waals surface area contributed by atoms with Crippen LogP contribution in [0.3, 0.4) is 0 Å². The quantitative estimate of drug-likeness (QED) is 0.838. The van der Waals surface area contributed by atoms with Gasteiger partial charge in [-0.05, 0) is 12.8 Å². The summed E-state index contributed by atoms with van der Waals surface area (Å²) in [5, 5.41) is 7.34. The van der Waals surface area contributed by atoms with E-state index >= 15 is 0 Å². The zero-order chi connectivity index (χ0) is 16.9. The average molecular weight is 366 g/mol. The van der Waals surface area contributed by atoms with Crippen LogP contribution in [0, 0.1) is 0 Å². The molecule has 25 heavy (non-hydrogen) atoms. The lowest BCUT2D eigenvalue weighted by molar-refractivity contribution is -0.135. The molecule has 7 nitrogen and oxygen atoms in total. The number of likely N-dealkylation sites (tertiary alicyclic amines) is 1. The molecule has 1 fully saturated rings. The summed E-state index contributed by atoms with van der Waals surface area (Å²) < 4.78 is 4.98. The lowest BCUT2D eigenvalue weighted by Crippen LogP contribution is -2.49. The summed E-state index contributed by atoms with van der Waals surface area (Å²) in [4.78, 5) is 18.8. The van der Waals surface area contributed by atoms with Crippen molar-refractivity contribution in [3.8, 4) is 11.4 Å². The summed E-state index contributed by atoms with van der Waals surface area (Å²) in [6, 6.07) is 9.24. The first-order valence-electron chi connectivity index (χ1n) is 8.20. The molecule has 2 atom stereocenters. The van der Waals surface area contributed by atoms with E-state index in [9.17, 15) is 4.79 Å². The fourth-order valence-corrected chi connectivity index (χ4v) is 3.06. The van der Waals surface area contributed by atoms with Gasteiger partial charge in [-0.15, -0.1) is 12.4 Å². The monoisotopic (exact) mass is 365 g/mol. The zero-order valence-corrected chi connectivity index (χ0v) is 15.0. The van der Waals surface area contributed by atoms with Crippen LogP contribution in [0.5, 0.6) is 0 Å². The second kappa shape index (κ2) is 8.94. The van der Waals surface area contributed by atoms with Crippen LogP contribution in [0.1, 0.15) is 24.6 Å². The van der Waals surface area contributed by atoms with Crippen LogP contribution < -0.4 is 5.73 Å². The molecule has 3 N–H and O–H groups in total. The third-order valence-electron chi connectivity index (χ3n) is 4.32. The molecule has 1 aromatic heterocycles.